The number of aryl methyl sites for hydroxylation is 1. The van der Waals surface area contributed by atoms with Crippen molar-refractivity contribution in [2.45, 2.75) is 59.0 Å². The number of aromatic nitrogens is 2. The minimum absolute atomic E-state index is 0.180. The molecule has 2 aliphatic heterocycles. The van der Waals surface area contributed by atoms with Gasteiger partial charge < -0.3 is 14.5 Å². The molecule has 1 spiro atoms. The molecule has 138 valence electrons. The number of likely N-dealkylation sites (tertiary alicyclic amines) is 1. The summed E-state index contributed by atoms with van der Waals surface area (Å²) in [6.45, 7) is 11.5. The normalized spacial score (nSPS) is 20.2. The van der Waals surface area contributed by atoms with Crippen LogP contribution >= 0.6 is 0 Å². The van der Waals surface area contributed by atoms with Gasteiger partial charge in [-0.2, -0.15) is 0 Å². The van der Waals surface area contributed by atoms with Gasteiger partial charge in [0.25, 0.3) is 0 Å². The van der Waals surface area contributed by atoms with E-state index in [0.29, 0.717) is 5.41 Å². The van der Waals surface area contributed by atoms with E-state index >= 15 is 0 Å². The van der Waals surface area contributed by atoms with E-state index in [1.807, 2.05) is 38.1 Å². The summed E-state index contributed by atoms with van der Waals surface area (Å²) in [4.78, 5) is 25.3. The molecule has 3 rings (SSSR count). The quantitative estimate of drug-likeness (QED) is 0.822. The Labute approximate surface area is 150 Å². The van der Waals surface area contributed by atoms with Gasteiger partial charge in [-0.05, 0) is 45.4 Å². The molecule has 0 bridgehead atoms. The summed E-state index contributed by atoms with van der Waals surface area (Å²) >= 11 is 0. The first-order valence-corrected chi connectivity index (χ1v) is 9.34. The first-order chi connectivity index (χ1) is 11.8. The molecular weight excluding hydrogens is 316 g/mol. The lowest BCUT2D eigenvalue weighted by atomic mass is 9.78. The second-order valence-corrected chi connectivity index (χ2v) is 8.35. The predicted molar refractivity (Wildman–Crippen MR) is 97.7 cm³/mol. The third kappa shape index (κ3) is 4.22. The molecule has 0 unspecified atom stereocenters. The molecule has 0 atom stereocenters. The van der Waals surface area contributed by atoms with Crippen molar-refractivity contribution in [2.75, 3.05) is 31.1 Å². The second kappa shape index (κ2) is 6.81. The average Bonchev–Trinajstić information content (AvgIpc) is 2.98. The maximum atomic E-state index is 12.2. The van der Waals surface area contributed by atoms with Crippen molar-refractivity contribution < 1.29 is 9.53 Å². The molecule has 6 nitrogen and oxygen atoms in total. The Morgan fingerprint density at radius 3 is 2.32 bits per heavy atom. The summed E-state index contributed by atoms with van der Waals surface area (Å²) in [5.74, 6) is 0.892. The molecule has 0 N–H and O–H groups in total. The molecule has 1 amide bonds. The van der Waals surface area contributed by atoms with Crippen LogP contribution in [0.3, 0.4) is 0 Å². The fourth-order valence-electron chi connectivity index (χ4n) is 3.75. The molecule has 1 aromatic heterocycles. The Kier molecular flexibility index (Phi) is 4.89. The summed E-state index contributed by atoms with van der Waals surface area (Å²) in [7, 11) is 0. The maximum Gasteiger partial charge on any atom is 0.410 e. The summed E-state index contributed by atoms with van der Waals surface area (Å²) in [6, 6.07) is 0. The van der Waals surface area contributed by atoms with Crippen LogP contribution in [0, 0.1) is 5.41 Å². The maximum absolute atomic E-state index is 12.2. The Hall–Kier alpha value is -1.85. The standard InChI is InChI=1S/C19H30N4O2/c1-5-16-20-12-15(13-21-16)23-11-8-19(14-23)6-9-22(10-7-19)17(24)25-18(2,3)4/h12-13H,5-11,14H2,1-4H3. The molecule has 0 aromatic carbocycles. The fraction of sp³-hybridized carbons (Fsp3) is 0.737. The summed E-state index contributed by atoms with van der Waals surface area (Å²) in [6.07, 6.45) is 7.82. The Morgan fingerprint density at radius 1 is 1.16 bits per heavy atom. The van der Waals surface area contributed by atoms with E-state index in [4.69, 9.17) is 4.74 Å². The predicted octanol–water partition coefficient (Wildman–Crippen LogP) is 3.27. The number of hydrogen-bond donors (Lipinski definition) is 0. The minimum atomic E-state index is -0.430. The van der Waals surface area contributed by atoms with Gasteiger partial charge in [0.2, 0.25) is 0 Å². The molecule has 25 heavy (non-hydrogen) atoms. The Morgan fingerprint density at radius 2 is 1.76 bits per heavy atom. The lowest BCUT2D eigenvalue weighted by Gasteiger charge is -2.39. The SMILES string of the molecule is CCc1ncc(N2CCC3(CCN(C(=O)OC(C)(C)C)CC3)C2)cn1. The first-order valence-electron chi connectivity index (χ1n) is 9.34. The van der Waals surface area contributed by atoms with Gasteiger partial charge >= 0.3 is 6.09 Å². The molecule has 2 saturated heterocycles. The number of hydrogen-bond acceptors (Lipinski definition) is 5. The lowest BCUT2D eigenvalue weighted by molar-refractivity contribution is 0.0122. The number of piperidine rings is 1. The van der Waals surface area contributed by atoms with E-state index in [1.165, 1.54) is 6.42 Å². The van der Waals surface area contributed by atoms with Gasteiger partial charge in [0.1, 0.15) is 11.4 Å². The van der Waals surface area contributed by atoms with Crippen molar-refractivity contribution in [3.05, 3.63) is 18.2 Å². The number of carbonyl (C=O) groups excluding carboxylic acids is 1. The molecule has 2 aliphatic rings. The van der Waals surface area contributed by atoms with Crippen molar-refractivity contribution >= 4 is 11.8 Å². The van der Waals surface area contributed by atoms with Crippen LogP contribution in [0.4, 0.5) is 10.5 Å². The van der Waals surface area contributed by atoms with Crippen LogP contribution in [-0.2, 0) is 11.2 Å². The smallest absolute Gasteiger partial charge is 0.410 e. The highest BCUT2D eigenvalue weighted by Gasteiger charge is 2.42. The van der Waals surface area contributed by atoms with Gasteiger partial charge in [-0.1, -0.05) is 6.92 Å². The van der Waals surface area contributed by atoms with Crippen LogP contribution in [0.5, 0.6) is 0 Å². The van der Waals surface area contributed by atoms with Crippen LogP contribution in [-0.4, -0.2) is 52.7 Å². The van der Waals surface area contributed by atoms with Crippen molar-refractivity contribution in [3.8, 4) is 0 Å². The van der Waals surface area contributed by atoms with Gasteiger partial charge in [-0.25, -0.2) is 14.8 Å². The van der Waals surface area contributed by atoms with Gasteiger partial charge in [0.05, 0.1) is 18.1 Å². The number of amides is 1. The first kappa shape index (κ1) is 18.0. The van der Waals surface area contributed by atoms with Crippen LogP contribution in [0.2, 0.25) is 0 Å². The van der Waals surface area contributed by atoms with Gasteiger partial charge in [-0.3, -0.25) is 0 Å². The average molecular weight is 346 g/mol. The van der Waals surface area contributed by atoms with Crippen LogP contribution < -0.4 is 4.90 Å². The number of carbonyl (C=O) groups is 1. The zero-order chi connectivity index (χ0) is 18.1. The third-order valence-electron chi connectivity index (χ3n) is 5.29. The number of rotatable bonds is 2. The molecule has 1 aromatic rings. The molecule has 6 heteroatoms. The zero-order valence-corrected chi connectivity index (χ0v) is 15.9. The molecule has 2 fully saturated rings. The van der Waals surface area contributed by atoms with Crippen LogP contribution in [0.15, 0.2) is 12.4 Å². The highest BCUT2D eigenvalue weighted by atomic mass is 16.6. The summed E-state index contributed by atoms with van der Waals surface area (Å²) in [5.41, 5.74) is 0.992. The van der Waals surface area contributed by atoms with Gasteiger partial charge in [0, 0.05) is 32.6 Å². The van der Waals surface area contributed by atoms with Gasteiger partial charge in [-0.15, -0.1) is 0 Å². The third-order valence-corrected chi connectivity index (χ3v) is 5.29. The highest BCUT2D eigenvalue weighted by Crippen LogP contribution is 2.41. The van der Waals surface area contributed by atoms with E-state index in [0.717, 1.165) is 57.0 Å². The fourth-order valence-corrected chi connectivity index (χ4v) is 3.75. The molecule has 0 aliphatic carbocycles. The lowest BCUT2D eigenvalue weighted by Crippen LogP contribution is -2.46. The highest BCUT2D eigenvalue weighted by molar-refractivity contribution is 5.68. The molecule has 0 radical (unpaired) electrons. The van der Waals surface area contributed by atoms with E-state index < -0.39 is 5.60 Å². The Bertz CT molecular complexity index is 601. The van der Waals surface area contributed by atoms with Crippen molar-refractivity contribution in [2.24, 2.45) is 5.41 Å². The van der Waals surface area contributed by atoms with E-state index in [-0.39, 0.29) is 6.09 Å². The summed E-state index contributed by atoms with van der Waals surface area (Å²) in [5, 5.41) is 0. The largest absolute Gasteiger partial charge is 0.444 e. The minimum Gasteiger partial charge on any atom is -0.444 e. The summed E-state index contributed by atoms with van der Waals surface area (Å²) < 4.78 is 5.50. The van der Waals surface area contributed by atoms with E-state index in [9.17, 15) is 4.79 Å². The van der Waals surface area contributed by atoms with E-state index in [1.54, 1.807) is 0 Å². The van der Waals surface area contributed by atoms with Crippen LogP contribution in [0.1, 0.15) is 52.8 Å². The second-order valence-electron chi connectivity index (χ2n) is 8.35. The van der Waals surface area contributed by atoms with Crippen LogP contribution in [0.25, 0.3) is 0 Å². The van der Waals surface area contributed by atoms with E-state index in [2.05, 4.69) is 21.8 Å². The monoisotopic (exact) mass is 346 g/mol. The topological polar surface area (TPSA) is 58.6 Å². The zero-order valence-electron chi connectivity index (χ0n) is 15.9. The number of nitrogens with zero attached hydrogens (tertiary/aromatic N) is 4. The van der Waals surface area contributed by atoms with Gasteiger partial charge in [0.15, 0.2) is 0 Å². The molecule has 3 heterocycles. The van der Waals surface area contributed by atoms with Crippen molar-refractivity contribution in [3.63, 3.8) is 0 Å². The Balaban J connectivity index is 1.56. The van der Waals surface area contributed by atoms with Crippen molar-refractivity contribution in [1.29, 1.82) is 0 Å². The molecule has 0 saturated carbocycles. The number of ether oxygens (including phenoxy) is 1. The van der Waals surface area contributed by atoms with Crippen molar-refractivity contribution in [1.82, 2.24) is 14.9 Å². The number of anilines is 1. The molecular formula is C19H30N4O2.